The van der Waals surface area contributed by atoms with Gasteiger partial charge in [0.25, 0.3) is 0 Å². The van der Waals surface area contributed by atoms with Crippen molar-refractivity contribution in [3.8, 4) is 11.4 Å². The van der Waals surface area contributed by atoms with Gasteiger partial charge in [-0.05, 0) is 25.1 Å². The molecular formula is C20H17N5S2. The van der Waals surface area contributed by atoms with Crippen LogP contribution < -0.4 is 0 Å². The van der Waals surface area contributed by atoms with Gasteiger partial charge in [0.05, 0.1) is 5.69 Å². The van der Waals surface area contributed by atoms with E-state index in [-0.39, 0.29) is 0 Å². The van der Waals surface area contributed by atoms with Gasteiger partial charge < -0.3 is 8.97 Å². The Balaban J connectivity index is 1.45. The van der Waals surface area contributed by atoms with Crippen LogP contribution in [-0.4, -0.2) is 24.1 Å². The van der Waals surface area contributed by atoms with Crippen molar-refractivity contribution in [2.45, 2.75) is 24.4 Å². The fraction of sp³-hybridized carbons (Fsp3) is 0.150. The third kappa shape index (κ3) is 2.93. The van der Waals surface area contributed by atoms with E-state index in [1.807, 2.05) is 28.8 Å². The van der Waals surface area contributed by atoms with Crippen LogP contribution in [0.15, 0.2) is 65.4 Å². The lowest BCUT2D eigenvalue weighted by atomic mass is 10.1. The molecule has 0 amide bonds. The number of thioether (sulfide) groups is 1. The molecule has 0 fully saturated rings. The molecular weight excluding hydrogens is 374 g/mol. The molecule has 7 heteroatoms. The predicted molar refractivity (Wildman–Crippen MR) is 111 cm³/mol. The van der Waals surface area contributed by atoms with E-state index in [1.54, 1.807) is 23.1 Å². The number of rotatable bonds is 5. The zero-order chi connectivity index (χ0) is 18.2. The van der Waals surface area contributed by atoms with Gasteiger partial charge in [0.2, 0.25) is 0 Å². The van der Waals surface area contributed by atoms with Crippen molar-refractivity contribution in [2.24, 2.45) is 0 Å². The minimum absolute atomic E-state index is 0.768. The van der Waals surface area contributed by atoms with Crippen molar-refractivity contribution in [1.82, 2.24) is 24.1 Å². The Morgan fingerprint density at radius 2 is 1.96 bits per heavy atom. The monoisotopic (exact) mass is 391 g/mol. The maximum atomic E-state index is 4.67. The maximum Gasteiger partial charge on any atom is 0.191 e. The lowest BCUT2D eigenvalue weighted by molar-refractivity contribution is 0.687. The second-order valence-electron chi connectivity index (χ2n) is 6.18. The Bertz CT molecular complexity index is 1200. The Morgan fingerprint density at radius 1 is 1.07 bits per heavy atom. The van der Waals surface area contributed by atoms with Gasteiger partial charge in [-0.3, -0.25) is 0 Å². The highest BCUT2D eigenvalue weighted by Gasteiger charge is 2.17. The summed E-state index contributed by atoms with van der Waals surface area (Å²) in [7, 11) is 0. The van der Waals surface area contributed by atoms with Gasteiger partial charge >= 0.3 is 0 Å². The number of nitrogens with zero attached hydrogens (tertiary/aromatic N) is 5. The van der Waals surface area contributed by atoms with Crippen molar-refractivity contribution in [1.29, 1.82) is 0 Å². The molecule has 5 nitrogen and oxygen atoms in total. The largest absolute Gasteiger partial charge is 0.307 e. The first-order chi connectivity index (χ1) is 13.3. The number of imidazole rings is 1. The highest BCUT2D eigenvalue weighted by Crippen LogP contribution is 2.34. The number of benzene rings is 1. The molecule has 0 aliphatic heterocycles. The quantitative estimate of drug-likeness (QED) is 0.390. The van der Waals surface area contributed by atoms with Gasteiger partial charge in [0.1, 0.15) is 5.65 Å². The van der Waals surface area contributed by atoms with Crippen molar-refractivity contribution < 1.29 is 0 Å². The Hall–Kier alpha value is -2.64. The minimum atomic E-state index is 0.768. The van der Waals surface area contributed by atoms with Gasteiger partial charge in [0.15, 0.2) is 11.0 Å². The first-order valence-corrected chi connectivity index (χ1v) is 10.6. The second kappa shape index (κ2) is 6.83. The van der Waals surface area contributed by atoms with E-state index in [4.69, 9.17) is 0 Å². The molecule has 4 heterocycles. The summed E-state index contributed by atoms with van der Waals surface area (Å²) >= 11 is 3.43. The topological polar surface area (TPSA) is 48.0 Å². The fourth-order valence-corrected chi connectivity index (χ4v) is 5.05. The van der Waals surface area contributed by atoms with Crippen molar-refractivity contribution in [3.05, 3.63) is 65.9 Å². The van der Waals surface area contributed by atoms with Gasteiger partial charge in [-0.1, -0.05) is 36.0 Å². The molecule has 134 valence electrons. The van der Waals surface area contributed by atoms with Crippen LogP contribution in [0.3, 0.4) is 0 Å². The lowest BCUT2D eigenvalue weighted by Crippen LogP contribution is -1.99. The summed E-state index contributed by atoms with van der Waals surface area (Å²) in [6, 6.07) is 14.5. The van der Waals surface area contributed by atoms with Crippen LogP contribution in [-0.2, 0) is 12.3 Å². The average Bonchev–Trinajstić information content (AvgIpc) is 3.41. The highest BCUT2D eigenvalue weighted by molar-refractivity contribution is 7.98. The van der Waals surface area contributed by atoms with E-state index in [2.05, 4.69) is 62.5 Å². The zero-order valence-electron chi connectivity index (χ0n) is 14.7. The summed E-state index contributed by atoms with van der Waals surface area (Å²) in [5.74, 6) is 1.71. The molecule has 27 heavy (non-hydrogen) atoms. The normalized spacial score (nSPS) is 11.6. The number of hydrogen-bond donors (Lipinski definition) is 0. The second-order valence-corrected chi connectivity index (χ2v) is 8.04. The molecule has 0 radical (unpaired) electrons. The summed E-state index contributed by atoms with van der Waals surface area (Å²) in [5.41, 5.74) is 3.17. The van der Waals surface area contributed by atoms with Gasteiger partial charge in [0, 0.05) is 45.7 Å². The van der Waals surface area contributed by atoms with Crippen LogP contribution in [0, 0.1) is 0 Å². The Morgan fingerprint density at radius 3 is 2.85 bits per heavy atom. The minimum Gasteiger partial charge on any atom is -0.307 e. The summed E-state index contributed by atoms with van der Waals surface area (Å²) in [6.07, 6.45) is 4.09. The highest BCUT2D eigenvalue weighted by atomic mass is 32.2. The van der Waals surface area contributed by atoms with Crippen LogP contribution in [0.5, 0.6) is 0 Å². The third-order valence-corrected chi connectivity index (χ3v) is 6.48. The number of thiophene rings is 1. The zero-order valence-corrected chi connectivity index (χ0v) is 16.4. The van der Waals surface area contributed by atoms with Crippen LogP contribution in [0.25, 0.3) is 27.1 Å². The Kier molecular flexibility index (Phi) is 4.18. The number of aromatic nitrogens is 5. The molecule has 0 unspecified atom stereocenters. The van der Waals surface area contributed by atoms with E-state index >= 15 is 0 Å². The summed E-state index contributed by atoms with van der Waals surface area (Å²) in [6.45, 7) is 2.97. The van der Waals surface area contributed by atoms with E-state index in [0.717, 1.165) is 40.2 Å². The molecule has 0 aliphatic rings. The molecule has 0 spiro atoms. The molecule has 1 aromatic carbocycles. The van der Waals surface area contributed by atoms with E-state index in [0.29, 0.717) is 0 Å². The smallest absolute Gasteiger partial charge is 0.191 e. The lowest BCUT2D eigenvalue weighted by Gasteiger charge is -2.06. The van der Waals surface area contributed by atoms with Crippen molar-refractivity contribution in [2.75, 3.05) is 0 Å². The molecule has 0 atom stereocenters. The van der Waals surface area contributed by atoms with Crippen molar-refractivity contribution in [3.63, 3.8) is 0 Å². The Labute approximate surface area is 164 Å². The molecule has 0 saturated carbocycles. The van der Waals surface area contributed by atoms with Crippen LogP contribution in [0.4, 0.5) is 0 Å². The van der Waals surface area contributed by atoms with Crippen LogP contribution in [0.1, 0.15) is 12.6 Å². The first-order valence-electron chi connectivity index (χ1n) is 8.78. The predicted octanol–water partition coefficient (Wildman–Crippen LogP) is 5.12. The molecule has 0 N–H and O–H groups in total. The average molecular weight is 392 g/mol. The molecule has 5 rings (SSSR count). The van der Waals surface area contributed by atoms with Crippen molar-refractivity contribution >= 4 is 38.8 Å². The van der Waals surface area contributed by atoms with E-state index in [1.165, 1.54) is 10.1 Å². The van der Waals surface area contributed by atoms with Crippen LogP contribution in [0.2, 0.25) is 0 Å². The molecule has 0 saturated heterocycles. The van der Waals surface area contributed by atoms with Gasteiger partial charge in [-0.15, -0.1) is 21.5 Å². The fourth-order valence-electron chi connectivity index (χ4n) is 3.23. The van der Waals surface area contributed by atoms with Gasteiger partial charge in [-0.2, -0.15) is 0 Å². The summed E-state index contributed by atoms with van der Waals surface area (Å²) in [4.78, 5) is 4.67. The summed E-state index contributed by atoms with van der Waals surface area (Å²) < 4.78 is 5.51. The maximum absolute atomic E-state index is 4.67. The number of pyridine rings is 1. The molecule has 0 bridgehead atoms. The number of hydrogen-bond acceptors (Lipinski definition) is 5. The van der Waals surface area contributed by atoms with Gasteiger partial charge in [-0.25, -0.2) is 4.98 Å². The number of fused-ring (bicyclic) bond motifs is 2. The van der Waals surface area contributed by atoms with Crippen LogP contribution >= 0.6 is 23.1 Å². The first kappa shape index (κ1) is 16.5. The third-order valence-electron chi connectivity index (χ3n) is 4.52. The van der Waals surface area contributed by atoms with E-state index in [9.17, 15) is 0 Å². The molecule has 5 aromatic rings. The molecule has 4 aromatic heterocycles. The SMILES string of the molecule is CCn1c(SCc2cn3ccccc3n2)nnc1-c1csc2ccccc12. The van der Waals surface area contributed by atoms with E-state index < -0.39 is 0 Å². The standard InChI is InChI=1S/C20H17N5S2/c1-2-25-19(16-13-26-17-8-4-3-7-15(16)17)22-23-20(25)27-12-14-11-24-10-6-5-9-18(24)21-14/h3-11,13H,2,12H2,1H3. The molecule has 0 aliphatic carbocycles. The summed E-state index contributed by atoms with van der Waals surface area (Å²) in [5, 5.41) is 13.3.